The van der Waals surface area contributed by atoms with Crippen LogP contribution in [0.2, 0.25) is 0 Å². The average molecular weight is 256 g/mol. The van der Waals surface area contributed by atoms with E-state index in [4.69, 9.17) is 0 Å². The highest BCUT2D eigenvalue weighted by Crippen LogP contribution is 2.56. The molecule has 1 N–H and O–H groups in total. The molecular weight excluding hydrogens is 232 g/mol. The van der Waals surface area contributed by atoms with Gasteiger partial charge in [0.05, 0.1) is 0 Å². The van der Waals surface area contributed by atoms with Crippen molar-refractivity contribution in [2.24, 2.45) is 29.6 Å². The molecule has 0 atom stereocenters. The van der Waals surface area contributed by atoms with Crippen molar-refractivity contribution >= 4 is 0 Å². The Morgan fingerprint density at radius 1 is 1.05 bits per heavy atom. The van der Waals surface area contributed by atoms with Crippen LogP contribution in [-0.4, -0.2) is 11.5 Å². The summed E-state index contributed by atoms with van der Waals surface area (Å²) in [7, 11) is 0. The van der Waals surface area contributed by atoms with Gasteiger partial charge in [-0.1, -0.05) is 6.07 Å². The van der Waals surface area contributed by atoms with Gasteiger partial charge in [0.1, 0.15) is 0 Å². The van der Waals surface area contributed by atoms with Gasteiger partial charge in [-0.25, -0.2) is 0 Å². The lowest BCUT2D eigenvalue weighted by Gasteiger charge is -2.54. The van der Waals surface area contributed by atoms with E-state index < -0.39 is 0 Å². The molecule has 4 aliphatic carbocycles. The first-order valence-corrected chi connectivity index (χ1v) is 7.98. The summed E-state index contributed by atoms with van der Waals surface area (Å²) in [4.78, 5) is 4.18. The molecule has 102 valence electrons. The first kappa shape index (κ1) is 11.9. The van der Waals surface area contributed by atoms with Crippen LogP contribution in [0.1, 0.15) is 37.7 Å². The molecule has 1 aromatic heterocycles. The Hall–Kier alpha value is -0.890. The molecule has 0 spiro atoms. The molecule has 0 aliphatic heterocycles. The molecule has 1 heterocycles. The van der Waals surface area contributed by atoms with Gasteiger partial charge in [-0.2, -0.15) is 0 Å². The minimum atomic E-state index is 0.962. The van der Waals surface area contributed by atoms with Gasteiger partial charge in [0, 0.05) is 18.9 Å². The summed E-state index contributed by atoms with van der Waals surface area (Å²) in [6.07, 6.45) is 11.5. The van der Waals surface area contributed by atoms with E-state index in [9.17, 15) is 0 Å². The number of hydrogen-bond acceptors (Lipinski definition) is 2. The number of pyridine rings is 1. The number of nitrogens with one attached hydrogen (secondary N) is 1. The molecule has 4 saturated carbocycles. The fourth-order valence-electron chi connectivity index (χ4n) is 5.26. The summed E-state index contributed by atoms with van der Waals surface area (Å²) >= 11 is 0. The van der Waals surface area contributed by atoms with E-state index in [-0.39, 0.29) is 0 Å². The van der Waals surface area contributed by atoms with Crippen LogP contribution in [-0.2, 0) is 6.54 Å². The molecule has 19 heavy (non-hydrogen) atoms. The lowest BCUT2D eigenvalue weighted by Crippen LogP contribution is -2.48. The van der Waals surface area contributed by atoms with Gasteiger partial charge >= 0.3 is 0 Å². The summed E-state index contributed by atoms with van der Waals surface area (Å²) in [5.41, 5.74) is 1.31. The predicted octanol–water partition coefficient (Wildman–Crippen LogP) is 3.24. The zero-order valence-corrected chi connectivity index (χ0v) is 11.6. The quantitative estimate of drug-likeness (QED) is 0.894. The summed E-state index contributed by atoms with van der Waals surface area (Å²) in [5, 5.41) is 3.69. The fourth-order valence-corrected chi connectivity index (χ4v) is 5.26. The van der Waals surface area contributed by atoms with Crippen molar-refractivity contribution in [3.05, 3.63) is 30.1 Å². The average Bonchev–Trinajstić information content (AvgIpc) is 2.42. The molecule has 0 radical (unpaired) electrons. The Kier molecular flexibility index (Phi) is 3.07. The van der Waals surface area contributed by atoms with Crippen molar-refractivity contribution in [2.75, 3.05) is 6.54 Å². The molecule has 2 nitrogen and oxygen atoms in total. The first-order valence-electron chi connectivity index (χ1n) is 7.98. The van der Waals surface area contributed by atoms with Crippen LogP contribution >= 0.6 is 0 Å². The summed E-state index contributed by atoms with van der Waals surface area (Å²) in [6.45, 7) is 2.21. The van der Waals surface area contributed by atoms with Crippen LogP contribution in [0.15, 0.2) is 24.5 Å². The molecule has 4 aliphatic rings. The summed E-state index contributed by atoms with van der Waals surface area (Å²) < 4.78 is 0. The molecule has 0 amide bonds. The zero-order valence-electron chi connectivity index (χ0n) is 11.6. The van der Waals surface area contributed by atoms with E-state index in [0.717, 1.165) is 36.1 Å². The van der Waals surface area contributed by atoms with Gasteiger partial charge in [-0.05, 0) is 79.9 Å². The van der Waals surface area contributed by atoms with Gasteiger partial charge in [-0.15, -0.1) is 0 Å². The van der Waals surface area contributed by atoms with Gasteiger partial charge in [0.25, 0.3) is 0 Å². The molecule has 1 aromatic rings. The Labute approximate surface area is 116 Å². The van der Waals surface area contributed by atoms with Gasteiger partial charge < -0.3 is 5.32 Å². The minimum Gasteiger partial charge on any atom is -0.312 e. The topological polar surface area (TPSA) is 24.9 Å². The lowest BCUT2D eigenvalue weighted by molar-refractivity contribution is -0.0355. The highest BCUT2D eigenvalue weighted by Gasteiger charge is 2.47. The second kappa shape index (κ2) is 4.90. The van der Waals surface area contributed by atoms with E-state index >= 15 is 0 Å². The van der Waals surface area contributed by atoms with Gasteiger partial charge in [-0.3, -0.25) is 4.98 Å². The second-order valence-corrected chi connectivity index (χ2v) is 7.09. The van der Waals surface area contributed by atoms with Crippen LogP contribution in [0.4, 0.5) is 0 Å². The number of hydrogen-bond donors (Lipinski definition) is 1. The number of nitrogens with zero attached hydrogens (tertiary/aromatic N) is 1. The molecule has 4 bridgehead atoms. The monoisotopic (exact) mass is 256 g/mol. The van der Waals surface area contributed by atoms with Gasteiger partial charge in [0.2, 0.25) is 0 Å². The second-order valence-electron chi connectivity index (χ2n) is 7.09. The fraction of sp³-hybridized carbons (Fsp3) is 0.706. The molecule has 0 saturated heterocycles. The summed E-state index contributed by atoms with van der Waals surface area (Å²) in [6, 6.07) is 4.19. The molecule has 4 fully saturated rings. The highest BCUT2D eigenvalue weighted by atomic mass is 14.9. The number of rotatable bonds is 4. The van der Waals surface area contributed by atoms with E-state index in [1.54, 1.807) is 6.42 Å². The minimum absolute atomic E-state index is 0.962. The van der Waals surface area contributed by atoms with Crippen molar-refractivity contribution in [1.82, 2.24) is 10.3 Å². The smallest absolute Gasteiger partial charge is 0.0312 e. The molecule has 2 heteroatoms. The largest absolute Gasteiger partial charge is 0.312 e. The zero-order chi connectivity index (χ0) is 12.7. The van der Waals surface area contributed by atoms with Crippen molar-refractivity contribution in [3.8, 4) is 0 Å². The van der Waals surface area contributed by atoms with Crippen molar-refractivity contribution in [2.45, 2.75) is 38.6 Å². The van der Waals surface area contributed by atoms with Crippen LogP contribution in [0.5, 0.6) is 0 Å². The van der Waals surface area contributed by atoms with Crippen molar-refractivity contribution in [1.29, 1.82) is 0 Å². The third-order valence-electron chi connectivity index (χ3n) is 5.85. The third-order valence-corrected chi connectivity index (χ3v) is 5.85. The maximum absolute atomic E-state index is 4.18. The number of aromatic nitrogens is 1. The Morgan fingerprint density at radius 3 is 2.42 bits per heavy atom. The maximum atomic E-state index is 4.18. The van der Waals surface area contributed by atoms with E-state index in [1.807, 2.05) is 18.5 Å². The highest BCUT2D eigenvalue weighted by molar-refractivity contribution is 5.08. The van der Waals surface area contributed by atoms with Gasteiger partial charge in [0.15, 0.2) is 0 Å². The van der Waals surface area contributed by atoms with Crippen LogP contribution in [0, 0.1) is 29.6 Å². The normalized spacial score (nSPS) is 39.7. The van der Waals surface area contributed by atoms with E-state index in [1.165, 1.54) is 37.8 Å². The molecule has 0 aromatic carbocycles. The molecular formula is C17H24N2. The van der Waals surface area contributed by atoms with Crippen molar-refractivity contribution < 1.29 is 0 Å². The molecule has 5 rings (SSSR count). The third kappa shape index (κ3) is 2.31. The summed E-state index contributed by atoms with van der Waals surface area (Å²) in [5.74, 6) is 5.23. The van der Waals surface area contributed by atoms with E-state index in [0.29, 0.717) is 0 Å². The van der Waals surface area contributed by atoms with E-state index in [2.05, 4.69) is 16.4 Å². The Morgan fingerprint density at radius 2 is 1.79 bits per heavy atom. The maximum Gasteiger partial charge on any atom is 0.0312 e. The van der Waals surface area contributed by atoms with Crippen LogP contribution in [0.3, 0.4) is 0 Å². The standard InChI is InChI=1S/C17H24N2/c1-2-12(9-18-3-1)10-19-11-17-15-5-13-4-14(7-15)8-16(17)6-13/h1-3,9,13-17,19H,4-8,10-11H2. The Balaban J connectivity index is 1.34. The van der Waals surface area contributed by atoms with Crippen molar-refractivity contribution in [3.63, 3.8) is 0 Å². The van der Waals surface area contributed by atoms with Crippen LogP contribution in [0.25, 0.3) is 0 Å². The molecule has 0 unspecified atom stereocenters. The lowest BCUT2D eigenvalue weighted by atomic mass is 9.52. The first-order chi connectivity index (χ1) is 9.38. The SMILES string of the molecule is c1cncc(CNCC2C3CC4CC(C3)CC2C4)c1. The predicted molar refractivity (Wildman–Crippen MR) is 76.5 cm³/mol. The Bertz CT molecular complexity index is 400. The van der Waals surface area contributed by atoms with Crippen LogP contribution < -0.4 is 5.32 Å².